The molecule has 0 aliphatic heterocycles. The molecule has 1 aromatic carbocycles. The van der Waals surface area contributed by atoms with E-state index in [4.69, 9.17) is 21.9 Å². The predicted octanol–water partition coefficient (Wildman–Crippen LogP) is 2.97. The van der Waals surface area contributed by atoms with Crippen molar-refractivity contribution in [1.82, 2.24) is 5.43 Å². The third-order valence-electron chi connectivity index (χ3n) is 2.29. The minimum absolute atomic E-state index is 0.0765. The molecule has 0 unspecified atom stereocenters. The van der Waals surface area contributed by atoms with Gasteiger partial charge in [-0.25, -0.2) is 10.2 Å². The van der Waals surface area contributed by atoms with Crippen molar-refractivity contribution in [2.24, 2.45) is 5.84 Å². The number of nitrogens with two attached hydrogens (primary N) is 1. The highest BCUT2D eigenvalue weighted by Gasteiger charge is 2.10. The van der Waals surface area contributed by atoms with Gasteiger partial charge in [0.25, 0.3) is 0 Å². The molecule has 0 radical (unpaired) electrons. The number of halogens is 2. The number of thioether (sulfide) groups is 1. The fourth-order valence-electron chi connectivity index (χ4n) is 1.37. The first-order valence-electron chi connectivity index (χ1n) is 5.27. The Morgan fingerprint density at radius 1 is 1.42 bits per heavy atom. The van der Waals surface area contributed by atoms with Gasteiger partial charge in [-0.15, -0.1) is 11.8 Å². The second kappa shape index (κ2) is 6.10. The van der Waals surface area contributed by atoms with Gasteiger partial charge in [-0.3, -0.25) is 10.2 Å². The molecule has 4 nitrogen and oxygen atoms in total. The Labute approximate surface area is 118 Å². The van der Waals surface area contributed by atoms with Crippen LogP contribution in [0.1, 0.15) is 16.3 Å². The zero-order valence-corrected chi connectivity index (χ0v) is 11.2. The standard InChI is InChI=1S/C12H10ClFN2O2S/c13-9-5-8(2-3-10(9)14)19-6-7-1-4-11(18-7)12(17)16-15/h1-5H,6,15H2,(H,16,17). The molecule has 19 heavy (non-hydrogen) atoms. The molecule has 0 saturated carbocycles. The van der Waals surface area contributed by atoms with Crippen molar-refractivity contribution in [3.8, 4) is 0 Å². The Balaban J connectivity index is 2.00. The molecule has 3 N–H and O–H groups in total. The molecule has 2 aromatic rings. The van der Waals surface area contributed by atoms with Gasteiger partial charge in [0, 0.05) is 4.90 Å². The average Bonchev–Trinajstić information content (AvgIpc) is 2.88. The highest BCUT2D eigenvalue weighted by molar-refractivity contribution is 7.98. The van der Waals surface area contributed by atoms with E-state index in [9.17, 15) is 9.18 Å². The zero-order chi connectivity index (χ0) is 13.8. The Kier molecular flexibility index (Phi) is 4.47. The van der Waals surface area contributed by atoms with Crippen molar-refractivity contribution in [1.29, 1.82) is 0 Å². The van der Waals surface area contributed by atoms with Crippen LogP contribution in [0.4, 0.5) is 4.39 Å². The number of carbonyl (C=O) groups excluding carboxylic acids is 1. The lowest BCUT2D eigenvalue weighted by molar-refractivity contribution is 0.0924. The molecular weight excluding hydrogens is 291 g/mol. The summed E-state index contributed by atoms with van der Waals surface area (Å²) in [5.74, 6) is 5.32. The molecule has 0 aliphatic rings. The first-order valence-corrected chi connectivity index (χ1v) is 6.64. The van der Waals surface area contributed by atoms with Gasteiger partial charge in [0.2, 0.25) is 0 Å². The molecule has 0 bridgehead atoms. The summed E-state index contributed by atoms with van der Waals surface area (Å²) >= 11 is 7.10. The number of hydrazine groups is 1. The van der Waals surface area contributed by atoms with Crippen molar-refractivity contribution < 1.29 is 13.6 Å². The summed E-state index contributed by atoms with van der Waals surface area (Å²) in [6.45, 7) is 0. The largest absolute Gasteiger partial charge is 0.455 e. The molecule has 0 saturated heterocycles. The van der Waals surface area contributed by atoms with E-state index in [1.807, 2.05) is 5.43 Å². The number of nitrogens with one attached hydrogen (secondary N) is 1. The molecule has 100 valence electrons. The SMILES string of the molecule is NNC(=O)c1ccc(CSc2ccc(F)c(Cl)c2)o1. The molecule has 0 fully saturated rings. The van der Waals surface area contributed by atoms with Crippen LogP contribution in [-0.4, -0.2) is 5.91 Å². The summed E-state index contributed by atoms with van der Waals surface area (Å²) in [5, 5.41) is 0.0765. The topological polar surface area (TPSA) is 68.3 Å². The fraction of sp³-hybridized carbons (Fsp3) is 0.0833. The number of amides is 1. The van der Waals surface area contributed by atoms with Crippen LogP contribution in [0, 0.1) is 5.82 Å². The average molecular weight is 301 g/mol. The molecule has 1 heterocycles. The molecule has 7 heteroatoms. The van der Waals surface area contributed by atoms with Crippen LogP contribution in [0.15, 0.2) is 39.6 Å². The highest BCUT2D eigenvalue weighted by Crippen LogP contribution is 2.27. The monoisotopic (exact) mass is 300 g/mol. The van der Waals surface area contributed by atoms with Crippen LogP contribution >= 0.6 is 23.4 Å². The van der Waals surface area contributed by atoms with Crippen molar-refractivity contribution in [2.75, 3.05) is 0 Å². The lowest BCUT2D eigenvalue weighted by Crippen LogP contribution is -2.29. The van der Waals surface area contributed by atoms with E-state index in [2.05, 4.69) is 0 Å². The Morgan fingerprint density at radius 2 is 2.21 bits per heavy atom. The van der Waals surface area contributed by atoms with Crippen molar-refractivity contribution >= 4 is 29.3 Å². The second-order valence-electron chi connectivity index (χ2n) is 3.60. The summed E-state index contributed by atoms with van der Waals surface area (Å²) < 4.78 is 18.3. The number of hydrogen-bond acceptors (Lipinski definition) is 4. The number of rotatable bonds is 4. The van der Waals surface area contributed by atoms with Crippen LogP contribution < -0.4 is 11.3 Å². The number of hydrogen-bond donors (Lipinski definition) is 2. The lowest BCUT2D eigenvalue weighted by Gasteiger charge is -2.01. The van der Waals surface area contributed by atoms with E-state index in [0.29, 0.717) is 11.5 Å². The molecule has 0 atom stereocenters. The van der Waals surface area contributed by atoms with Crippen molar-refractivity contribution in [3.05, 3.63) is 52.7 Å². The Bertz CT molecular complexity index is 603. The normalized spacial score (nSPS) is 10.5. The molecule has 0 aliphatic carbocycles. The molecule has 1 aromatic heterocycles. The first-order chi connectivity index (χ1) is 9.10. The maximum Gasteiger partial charge on any atom is 0.300 e. The number of furan rings is 1. The van der Waals surface area contributed by atoms with Crippen LogP contribution in [0.25, 0.3) is 0 Å². The highest BCUT2D eigenvalue weighted by atomic mass is 35.5. The number of benzene rings is 1. The van der Waals surface area contributed by atoms with E-state index < -0.39 is 11.7 Å². The summed E-state index contributed by atoms with van der Waals surface area (Å²) in [4.78, 5) is 12.0. The summed E-state index contributed by atoms with van der Waals surface area (Å²) in [7, 11) is 0. The Morgan fingerprint density at radius 3 is 2.89 bits per heavy atom. The minimum Gasteiger partial charge on any atom is -0.455 e. The van der Waals surface area contributed by atoms with Gasteiger partial charge < -0.3 is 4.42 Å². The second-order valence-corrected chi connectivity index (χ2v) is 5.06. The summed E-state index contributed by atoms with van der Waals surface area (Å²) in [6, 6.07) is 7.69. The summed E-state index contributed by atoms with van der Waals surface area (Å²) in [6.07, 6.45) is 0. The number of carbonyl (C=O) groups is 1. The van der Waals surface area contributed by atoms with Crippen molar-refractivity contribution in [3.63, 3.8) is 0 Å². The van der Waals surface area contributed by atoms with E-state index in [1.54, 1.807) is 12.1 Å². The number of nitrogen functional groups attached to an aromatic ring is 1. The summed E-state index contributed by atoms with van der Waals surface area (Å²) in [5.41, 5.74) is 1.98. The Hall–Kier alpha value is -1.50. The van der Waals surface area contributed by atoms with Gasteiger partial charge in [-0.05, 0) is 30.3 Å². The maximum absolute atomic E-state index is 13.0. The minimum atomic E-state index is -0.485. The third kappa shape index (κ3) is 3.50. The quantitative estimate of drug-likeness (QED) is 0.394. The first kappa shape index (κ1) is 13.9. The molecule has 0 spiro atoms. The smallest absolute Gasteiger partial charge is 0.300 e. The van der Waals surface area contributed by atoms with Gasteiger partial charge in [0.15, 0.2) is 5.76 Å². The third-order valence-corrected chi connectivity index (χ3v) is 3.59. The van der Waals surface area contributed by atoms with Crippen LogP contribution in [0.3, 0.4) is 0 Å². The van der Waals surface area contributed by atoms with Crippen LogP contribution in [0.5, 0.6) is 0 Å². The van der Waals surface area contributed by atoms with E-state index >= 15 is 0 Å². The predicted molar refractivity (Wildman–Crippen MR) is 71.3 cm³/mol. The van der Waals surface area contributed by atoms with Crippen LogP contribution in [0.2, 0.25) is 5.02 Å². The van der Waals surface area contributed by atoms with Gasteiger partial charge >= 0.3 is 5.91 Å². The molecule has 2 rings (SSSR count). The van der Waals surface area contributed by atoms with Gasteiger partial charge in [0.05, 0.1) is 10.8 Å². The zero-order valence-electron chi connectivity index (χ0n) is 9.65. The lowest BCUT2D eigenvalue weighted by atomic mass is 10.3. The van der Waals surface area contributed by atoms with Gasteiger partial charge in [-0.1, -0.05) is 11.6 Å². The van der Waals surface area contributed by atoms with Crippen molar-refractivity contribution in [2.45, 2.75) is 10.6 Å². The van der Waals surface area contributed by atoms with Gasteiger partial charge in [-0.2, -0.15) is 0 Å². The van der Waals surface area contributed by atoms with E-state index in [-0.39, 0.29) is 10.8 Å². The molecule has 1 amide bonds. The fourth-order valence-corrected chi connectivity index (χ4v) is 2.44. The van der Waals surface area contributed by atoms with E-state index in [0.717, 1.165) is 4.90 Å². The van der Waals surface area contributed by atoms with Gasteiger partial charge in [0.1, 0.15) is 11.6 Å². The van der Waals surface area contributed by atoms with Crippen LogP contribution in [-0.2, 0) is 5.75 Å². The van der Waals surface area contributed by atoms with E-state index in [1.165, 1.54) is 30.0 Å². The molecular formula is C12H10ClFN2O2S. The maximum atomic E-state index is 13.0.